The highest BCUT2D eigenvalue weighted by molar-refractivity contribution is 7.15. The maximum Gasteiger partial charge on any atom is 0.395 e. The van der Waals surface area contributed by atoms with Crippen molar-refractivity contribution in [2.24, 2.45) is 5.73 Å². The summed E-state index contributed by atoms with van der Waals surface area (Å²) in [6, 6.07) is 0. The highest BCUT2D eigenvalue weighted by atomic mass is 35.5. The van der Waals surface area contributed by atoms with E-state index < -0.39 is 24.0 Å². The number of amides is 1. The van der Waals surface area contributed by atoms with Crippen LogP contribution in [0.1, 0.15) is 17.8 Å². The van der Waals surface area contributed by atoms with Crippen LogP contribution in [0.4, 0.5) is 18.3 Å². The van der Waals surface area contributed by atoms with Crippen molar-refractivity contribution in [1.82, 2.24) is 10.2 Å². The average molecular weight is 347 g/mol. The van der Waals surface area contributed by atoms with Crippen molar-refractivity contribution in [3.05, 3.63) is 5.01 Å². The van der Waals surface area contributed by atoms with E-state index >= 15 is 0 Å². The Morgan fingerprint density at radius 3 is 2.57 bits per heavy atom. The first-order chi connectivity index (χ1) is 9.28. The van der Waals surface area contributed by atoms with Gasteiger partial charge in [0.1, 0.15) is 10.5 Å². The third-order valence-electron chi connectivity index (χ3n) is 2.88. The number of nitrogens with one attached hydrogen (secondary N) is 1. The van der Waals surface area contributed by atoms with E-state index in [1.807, 2.05) is 0 Å². The third-order valence-corrected chi connectivity index (χ3v) is 3.71. The van der Waals surface area contributed by atoms with Crippen LogP contribution in [0.25, 0.3) is 0 Å². The van der Waals surface area contributed by atoms with E-state index in [2.05, 4.69) is 15.5 Å². The molecule has 0 bridgehead atoms. The van der Waals surface area contributed by atoms with Gasteiger partial charge in [0.2, 0.25) is 11.0 Å². The fourth-order valence-corrected chi connectivity index (χ4v) is 2.50. The monoisotopic (exact) mass is 346 g/mol. The maximum absolute atomic E-state index is 12.2. The summed E-state index contributed by atoms with van der Waals surface area (Å²) in [5.74, 6) is -0.476. The summed E-state index contributed by atoms with van der Waals surface area (Å²) in [6.45, 7) is 0.749. The van der Waals surface area contributed by atoms with Gasteiger partial charge in [0.25, 0.3) is 0 Å². The first kappa shape index (κ1) is 18.1. The molecule has 3 N–H and O–H groups in total. The fourth-order valence-electron chi connectivity index (χ4n) is 1.73. The van der Waals surface area contributed by atoms with E-state index in [-0.39, 0.29) is 22.5 Å². The van der Waals surface area contributed by atoms with E-state index in [1.165, 1.54) is 0 Å². The van der Waals surface area contributed by atoms with Crippen LogP contribution in [0.5, 0.6) is 0 Å². The van der Waals surface area contributed by atoms with Crippen LogP contribution >= 0.6 is 23.7 Å². The van der Waals surface area contributed by atoms with Gasteiger partial charge in [-0.05, 0) is 12.8 Å². The molecule has 0 aliphatic carbocycles. The predicted molar refractivity (Wildman–Crippen MR) is 72.5 cm³/mol. The van der Waals surface area contributed by atoms with Crippen LogP contribution < -0.4 is 11.1 Å². The largest absolute Gasteiger partial charge is 0.395 e. The third kappa shape index (κ3) is 5.06. The topological polar surface area (TPSA) is 90.1 Å². The van der Waals surface area contributed by atoms with Gasteiger partial charge in [-0.15, -0.1) is 22.6 Å². The lowest BCUT2D eigenvalue weighted by Gasteiger charge is -2.31. The number of halogens is 4. The fraction of sp³-hybridized carbons (Fsp3) is 0.700. The SMILES string of the molecule is Cl.NC1(C(=O)Nc2nnc(CC(F)(F)F)s2)CCOCC1. The van der Waals surface area contributed by atoms with Gasteiger partial charge in [-0.3, -0.25) is 10.1 Å². The summed E-state index contributed by atoms with van der Waals surface area (Å²) in [5, 5.41) is 9.14. The van der Waals surface area contributed by atoms with E-state index in [0.29, 0.717) is 37.4 Å². The van der Waals surface area contributed by atoms with Gasteiger partial charge < -0.3 is 10.5 Å². The minimum absolute atomic E-state index is 0. The standard InChI is InChI=1S/C10H13F3N4O2S.ClH/c11-10(12,13)5-6-16-17-8(20-6)15-7(18)9(14)1-3-19-4-2-9;/h1-5,14H2,(H,15,17,18);1H. The number of hydrogen-bond acceptors (Lipinski definition) is 6. The van der Waals surface area contributed by atoms with E-state index in [4.69, 9.17) is 10.5 Å². The van der Waals surface area contributed by atoms with Gasteiger partial charge in [0.05, 0.1) is 6.42 Å². The summed E-state index contributed by atoms with van der Waals surface area (Å²) in [4.78, 5) is 12.0. The number of carbonyl (C=O) groups is 1. The Hall–Kier alpha value is -0.970. The molecule has 0 unspecified atom stereocenters. The molecule has 120 valence electrons. The number of aromatic nitrogens is 2. The van der Waals surface area contributed by atoms with Gasteiger partial charge in [0.15, 0.2) is 0 Å². The maximum atomic E-state index is 12.2. The van der Waals surface area contributed by atoms with Crippen LogP contribution in [0, 0.1) is 0 Å². The zero-order valence-corrected chi connectivity index (χ0v) is 12.4. The van der Waals surface area contributed by atoms with Gasteiger partial charge in [-0.25, -0.2) is 0 Å². The van der Waals surface area contributed by atoms with Crippen molar-refractivity contribution >= 4 is 34.8 Å². The Morgan fingerprint density at radius 2 is 2.00 bits per heavy atom. The van der Waals surface area contributed by atoms with Crippen LogP contribution in [0.3, 0.4) is 0 Å². The van der Waals surface area contributed by atoms with Gasteiger partial charge >= 0.3 is 6.18 Å². The van der Waals surface area contributed by atoms with E-state index in [1.54, 1.807) is 0 Å². The molecular formula is C10H14ClF3N4O2S. The minimum atomic E-state index is -4.35. The molecule has 0 radical (unpaired) electrons. The van der Waals surface area contributed by atoms with E-state index in [0.717, 1.165) is 0 Å². The second-order valence-corrected chi connectivity index (χ2v) is 5.58. The zero-order valence-electron chi connectivity index (χ0n) is 10.8. The van der Waals surface area contributed by atoms with E-state index in [9.17, 15) is 18.0 Å². The number of anilines is 1. The zero-order chi connectivity index (χ0) is 14.8. The summed E-state index contributed by atoms with van der Waals surface area (Å²) in [6.07, 6.45) is -4.81. The lowest BCUT2D eigenvalue weighted by atomic mass is 9.90. The molecule has 0 saturated carbocycles. The molecule has 0 spiro atoms. The number of alkyl halides is 3. The van der Waals surface area contributed by atoms with Crippen molar-refractivity contribution in [3.8, 4) is 0 Å². The number of rotatable bonds is 3. The lowest BCUT2D eigenvalue weighted by Crippen LogP contribution is -2.54. The van der Waals surface area contributed by atoms with Crippen molar-refractivity contribution in [3.63, 3.8) is 0 Å². The smallest absolute Gasteiger partial charge is 0.381 e. The lowest BCUT2D eigenvalue weighted by molar-refractivity contribution is -0.127. The summed E-state index contributed by atoms with van der Waals surface area (Å²) in [7, 11) is 0. The highest BCUT2D eigenvalue weighted by Crippen LogP contribution is 2.26. The molecule has 2 heterocycles. The van der Waals surface area contributed by atoms with Gasteiger partial charge in [0, 0.05) is 13.2 Å². The van der Waals surface area contributed by atoms with Crippen LogP contribution in [0.2, 0.25) is 0 Å². The number of nitrogens with two attached hydrogens (primary N) is 1. The second-order valence-electron chi connectivity index (χ2n) is 4.52. The highest BCUT2D eigenvalue weighted by Gasteiger charge is 2.36. The molecule has 1 amide bonds. The Balaban J connectivity index is 0.00000220. The molecule has 1 fully saturated rings. The second kappa shape index (κ2) is 6.86. The molecule has 0 atom stereocenters. The molecule has 1 aliphatic heterocycles. The molecule has 6 nitrogen and oxygen atoms in total. The average Bonchev–Trinajstić information content (AvgIpc) is 2.75. The van der Waals surface area contributed by atoms with Crippen molar-refractivity contribution in [2.75, 3.05) is 18.5 Å². The van der Waals surface area contributed by atoms with Crippen molar-refractivity contribution in [1.29, 1.82) is 0 Å². The molecule has 1 aromatic rings. The molecular weight excluding hydrogens is 333 g/mol. The number of nitrogens with zero attached hydrogens (tertiary/aromatic N) is 2. The number of hydrogen-bond donors (Lipinski definition) is 2. The van der Waals surface area contributed by atoms with Crippen LogP contribution in [0.15, 0.2) is 0 Å². The summed E-state index contributed by atoms with van der Waals surface area (Å²) >= 11 is 0.690. The van der Waals surface area contributed by atoms with Gasteiger partial charge in [-0.2, -0.15) is 13.2 Å². The van der Waals surface area contributed by atoms with Crippen molar-refractivity contribution < 1.29 is 22.7 Å². The molecule has 1 saturated heterocycles. The van der Waals surface area contributed by atoms with Gasteiger partial charge in [-0.1, -0.05) is 11.3 Å². The molecule has 21 heavy (non-hydrogen) atoms. The van der Waals surface area contributed by atoms with Crippen molar-refractivity contribution in [2.45, 2.75) is 31.0 Å². The quantitative estimate of drug-likeness (QED) is 0.866. The Morgan fingerprint density at radius 1 is 1.38 bits per heavy atom. The molecule has 2 rings (SSSR count). The molecule has 1 aliphatic rings. The first-order valence-corrected chi connectivity index (χ1v) is 6.67. The predicted octanol–water partition coefficient (Wildman–Crippen LogP) is 1.51. The normalized spacial score (nSPS) is 17.9. The number of carbonyl (C=O) groups excluding carboxylic acids is 1. The van der Waals surface area contributed by atoms with Crippen LogP contribution in [-0.4, -0.2) is 41.0 Å². The molecule has 1 aromatic heterocycles. The molecule has 0 aromatic carbocycles. The minimum Gasteiger partial charge on any atom is -0.381 e. The summed E-state index contributed by atoms with van der Waals surface area (Å²) in [5.41, 5.74) is 4.87. The molecule has 11 heteroatoms. The Bertz CT molecular complexity index is 491. The Labute approximate surface area is 128 Å². The first-order valence-electron chi connectivity index (χ1n) is 5.86. The van der Waals surface area contributed by atoms with Crippen LogP contribution in [-0.2, 0) is 16.0 Å². The number of ether oxygens (including phenoxy) is 1. The Kier molecular flexibility index (Phi) is 5.91. The summed E-state index contributed by atoms with van der Waals surface area (Å²) < 4.78 is 41.7.